The zero-order chi connectivity index (χ0) is 22.7. The number of hydrogen-bond donors (Lipinski definition) is 3. The second-order valence-electron chi connectivity index (χ2n) is 5.87. The van der Waals surface area contributed by atoms with Crippen LogP contribution in [0.2, 0.25) is 5.02 Å². The molecule has 1 aromatic carbocycles. The number of hydrogen-bond acceptors (Lipinski definition) is 5. The molecule has 3 N–H and O–H groups in total. The first kappa shape index (κ1) is 24.7. The second kappa shape index (κ2) is 8.97. The fourth-order valence-corrected chi connectivity index (χ4v) is 2.99. The molecule has 1 rings (SSSR count). The number of halogens is 5. The van der Waals surface area contributed by atoms with Crippen molar-refractivity contribution in [2.45, 2.75) is 26.1 Å². The summed E-state index contributed by atoms with van der Waals surface area (Å²) in [5, 5.41) is 9.91. The SMILES string of the molecule is CC(C)N(C)S(=O)(=O)NC(=O)c1cc(NC(=O)/C=C(\O)C(F)(F)F)c(F)cc1Cl. The molecule has 0 saturated carbocycles. The van der Waals surface area contributed by atoms with Crippen molar-refractivity contribution in [1.82, 2.24) is 9.03 Å². The Morgan fingerprint density at radius 3 is 2.31 bits per heavy atom. The minimum atomic E-state index is -5.20. The lowest BCUT2D eigenvalue weighted by Crippen LogP contribution is -2.44. The maximum atomic E-state index is 13.9. The van der Waals surface area contributed by atoms with Gasteiger partial charge < -0.3 is 10.4 Å². The fourth-order valence-electron chi connectivity index (χ4n) is 1.72. The second-order valence-corrected chi connectivity index (χ2v) is 8.01. The first-order chi connectivity index (χ1) is 13.1. The lowest BCUT2D eigenvalue weighted by Gasteiger charge is -2.21. The minimum absolute atomic E-state index is 0.240. The smallest absolute Gasteiger partial charge is 0.448 e. The van der Waals surface area contributed by atoms with Gasteiger partial charge in [-0.05, 0) is 26.0 Å². The summed E-state index contributed by atoms with van der Waals surface area (Å²) in [5.74, 6) is -6.28. The summed E-state index contributed by atoms with van der Waals surface area (Å²) >= 11 is 5.73. The highest BCUT2D eigenvalue weighted by molar-refractivity contribution is 7.87. The number of carbonyl (C=O) groups excluding carboxylic acids is 2. The number of rotatable bonds is 6. The van der Waals surface area contributed by atoms with Crippen molar-refractivity contribution in [2.24, 2.45) is 0 Å². The van der Waals surface area contributed by atoms with Crippen molar-refractivity contribution >= 4 is 39.3 Å². The molecule has 29 heavy (non-hydrogen) atoms. The van der Waals surface area contributed by atoms with Gasteiger partial charge >= 0.3 is 16.4 Å². The van der Waals surface area contributed by atoms with E-state index in [4.69, 9.17) is 16.7 Å². The summed E-state index contributed by atoms with van der Waals surface area (Å²) in [4.78, 5) is 23.8. The Labute approximate surface area is 168 Å². The van der Waals surface area contributed by atoms with Crippen LogP contribution in [0.4, 0.5) is 23.2 Å². The van der Waals surface area contributed by atoms with Gasteiger partial charge in [-0.15, -0.1) is 0 Å². The van der Waals surface area contributed by atoms with Gasteiger partial charge in [0, 0.05) is 13.1 Å². The minimum Gasteiger partial charge on any atom is -0.504 e. The number of nitrogens with one attached hydrogen (secondary N) is 2. The van der Waals surface area contributed by atoms with Gasteiger partial charge in [-0.2, -0.15) is 25.9 Å². The van der Waals surface area contributed by atoms with E-state index in [2.05, 4.69) is 0 Å². The van der Waals surface area contributed by atoms with Crippen LogP contribution in [-0.4, -0.2) is 48.9 Å². The number of anilines is 1. The third-order valence-corrected chi connectivity index (χ3v) is 5.38. The van der Waals surface area contributed by atoms with Crippen LogP contribution < -0.4 is 10.0 Å². The van der Waals surface area contributed by atoms with Gasteiger partial charge in [0.25, 0.3) is 11.8 Å². The molecule has 0 aromatic heterocycles. The van der Waals surface area contributed by atoms with Gasteiger partial charge in [-0.1, -0.05) is 11.6 Å². The van der Waals surface area contributed by atoms with Crippen molar-refractivity contribution in [3.05, 3.63) is 40.4 Å². The van der Waals surface area contributed by atoms with E-state index in [1.54, 1.807) is 10.0 Å². The summed E-state index contributed by atoms with van der Waals surface area (Å²) in [7, 11) is -3.08. The van der Waals surface area contributed by atoms with Gasteiger partial charge in [-0.25, -0.2) is 9.11 Å². The monoisotopic (exact) mass is 461 g/mol. The third kappa shape index (κ3) is 6.58. The zero-order valence-corrected chi connectivity index (χ0v) is 16.7. The maximum Gasteiger partial charge on any atom is 0.448 e. The predicted octanol–water partition coefficient (Wildman–Crippen LogP) is 2.74. The number of carbonyl (C=O) groups is 2. The zero-order valence-electron chi connectivity index (χ0n) is 15.1. The topological polar surface area (TPSA) is 116 Å². The van der Waals surface area contributed by atoms with Crippen LogP contribution in [0.3, 0.4) is 0 Å². The Morgan fingerprint density at radius 2 is 1.83 bits per heavy atom. The molecule has 0 fully saturated rings. The molecule has 0 radical (unpaired) electrons. The molecule has 162 valence electrons. The molecule has 0 atom stereocenters. The Kier molecular flexibility index (Phi) is 7.62. The lowest BCUT2D eigenvalue weighted by molar-refractivity contribution is -0.124. The predicted molar refractivity (Wildman–Crippen MR) is 96.1 cm³/mol. The first-order valence-corrected chi connectivity index (χ1v) is 9.46. The summed E-state index contributed by atoms with van der Waals surface area (Å²) in [5.41, 5.74) is -1.35. The highest BCUT2D eigenvalue weighted by atomic mass is 35.5. The molecule has 0 heterocycles. The molecule has 1 aromatic rings. The number of aliphatic hydroxyl groups is 1. The Bertz CT molecular complexity index is 948. The third-order valence-electron chi connectivity index (χ3n) is 3.45. The van der Waals surface area contributed by atoms with Crippen LogP contribution in [0.25, 0.3) is 0 Å². The van der Waals surface area contributed by atoms with E-state index < -0.39 is 62.1 Å². The largest absolute Gasteiger partial charge is 0.504 e. The molecular weight excluding hydrogens is 446 g/mol. The van der Waals surface area contributed by atoms with E-state index in [9.17, 15) is 35.6 Å². The average molecular weight is 462 g/mol. The Balaban J connectivity index is 3.18. The van der Waals surface area contributed by atoms with E-state index in [1.807, 2.05) is 0 Å². The standard InChI is InChI=1S/C15H16ClF4N3O5S/c1-7(2)23(3)29(27,28)22-14(26)8-4-11(10(17)5-9(8)16)21-13(25)6-12(24)15(18,19)20/h4-7,24H,1-3H3,(H,21,25)(H,22,26)/b12-6-. The van der Waals surface area contributed by atoms with Gasteiger partial charge in [0.1, 0.15) is 5.82 Å². The average Bonchev–Trinajstić information content (AvgIpc) is 2.54. The molecule has 0 aliphatic carbocycles. The van der Waals surface area contributed by atoms with Gasteiger partial charge in [-0.3, -0.25) is 9.59 Å². The Hall–Kier alpha value is -2.38. The molecule has 0 aliphatic heterocycles. The molecule has 0 aliphatic rings. The molecule has 14 heteroatoms. The van der Waals surface area contributed by atoms with Gasteiger partial charge in [0.05, 0.1) is 22.3 Å². The van der Waals surface area contributed by atoms with E-state index in [0.717, 1.165) is 4.31 Å². The summed E-state index contributed by atoms with van der Waals surface area (Å²) < 4.78 is 77.3. The molecule has 0 unspecified atom stereocenters. The van der Waals surface area contributed by atoms with Crippen molar-refractivity contribution < 1.29 is 40.7 Å². The Morgan fingerprint density at radius 1 is 1.28 bits per heavy atom. The van der Waals surface area contributed by atoms with Crippen LogP contribution in [0, 0.1) is 5.82 Å². The number of alkyl halides is 3. The number of aliphatic hydroxyl groups excluding tert-OH is 1. The van der Waals surface area contributed by atoms with Crippen molar-refractivity contribution in [3.8, 4) is 0 Å². The van der Waals surface area contributed by atoms with Crippen LogP contribution in [0.1, 0.15) is 24.2 Å². The molecule has 0 bridgehead atoms. The van der Waals surface area contributed by atoms with Crippen LogP contribution in [-0.2, 0) is 15.0 Å². The number of allylic oxidation sites excluding steroid dienone is 1. The quantitative estimate of drug-likeness (QED) is 0.342. The van der Waals surface area contributed by atoms with Crippen molar-refractivity contribution in [2.75, 3.05) is 12.4 Å². The summed E-state index contributed by atoms with van der Waals surface area (Å²) in [6.45, 7) is 3.07. The van der Waals surface area contributed by atoms with Crippen molar-refractivity contribution in [3.63, 3.8) is 0 Å². The lowest BCUT2D eigenvalue weighted by atomic mass is 10.1. The first-order valence-electron chi connectivity index (χ1n) is 7.64. The van der Waals surface area contributed by atoms with Gasteiger partial charge in [0.2, 0.25) is 5.76 Å². The normalized spacial score (nSPS) is 13.0. The number of amides is 2. The van der Waals surface area contributed by atoms with Crippen LogP contribution >= 0.6 is 11.6 Å². The summed E-state index contributed by atoms with van der Waals surface area (Å²) in [6, 6.07) is 0.679. The maximum absolute atomic E-state index is 13.9. The highest BCUT2D eigenvalue weighted by Gasteiger charge is 2.34. The molecular formula is C15H16ClF4N3O5S. The van der Waals surface area contributed by atoms with E-state index in [-0.39, 0.29) is 6.08 Å². The van der Waals surface area contributed by atoms with E-state index in [0.29, 0.717) is 12.1 Å². The van der Waals surface area contributed by atoms with Gasteiger partial charge in [0.15, 0.2) is 0 Å². The van der Waals surface area contributed by atoms with Crippen LogP contribution in [0.15, 0.2) is 24.0 Å². The highest BCUT2D eigenvalue weighted by Crippen LogP contribution is 2.26. The van der Waals surface area contributed by atoms with Crippen molar-refractivity contribution in [1.29, 1.82) is 0 Å². The molecule has 0 spiro atoms. The number of nitrogens with zero attached hydrogens (tertiary/aromatic N) is 1. The molecule has 8 nitrogen and oxygen atoms in total. The number of benzene rings is 1. The molecule has 0 saturated heterocycles. The summed E-state index contributed by atoms with van der Waals surface area (Å²) in [6.07, 6.45) is -5.44. The van der Waals surface area contributed by atoms with Crippen LogP contribution in [0.5, 0.6) is 0 Å². The van der Waals surface area contributed by atoms with E-state index in [1.165, 1.54) is 20.9 Å². The fraction of sp³-hybridized carbons (Fsp3) is 0.333. The molecule has 2 amide bonds. The van der Waals surface area contributed by atoms with E-state index >= 15 is 0 Å².